The molecule has 0 saturated carbocycles. The Morgan fingerprint density at radius 2 is 2.17 bits per heavy atom. The number of ether oxygens (including phenoxy) is 1. The van der Waals surface area contributed by atoms with E-state index in [1.54, 1.807) is 11.5 Å². The third kappa shape index (κ3) is 4.52. The zero-order valence-corrected chi connectivity index (χ0v) is 13.3. The first-order valence-electron chi connectivity index (χ1n) is 7.73. The molecule has 0 spiro atoms. The maximum absolute atomic E-state index is 11.6. The third-order valence-corrected chi connectivity index (χ3v) is 3.26. The Hall–Kier alpha value is -2.42. The van der Waals surface area contributed by atoms with Crippen molar-refractivity contribution >= 4 is 28.9 Å². The van der Waals surface area contributed by atoms with Crippen LogP contribution in [0.1, 0.15) is 26.2 Å². The minimum atomic E-state index is -0.347. The van der Waals surface area contributed by atoms with Gasteiger partial charge in [-0.25, -0.2) is 4.98 Å². The maximum atomic E-state index is 11.6. The fourth-order valence-corrected chi connectivity index (χ4v) is 2.15. The normalized spacial score (nSPS) is 10.9. The maximum Gasteiger partial charge on any atom is 0.326 e. The minimum Gasteiger partial charge on any atom is -0.465 e. The highest BCUT2D eigenvalue weighted by molar-refractivity contribution is 5.84. The largest absolute Gasteiger partial charge is 0.465 e. The molecule has 0 bridgehead atoms. The van der Waals surface area contributed by atoms with Gasteiger partial charge in [0.15, 0.2) is 11.5 Å². The van der Waals surface area contributed by atoms with E-state index in [0.29, 0.717) is 30.3 Å². The second-order valence-corrected chi connectivity index (χ2v) is 5.06. The Kier molecular flexibility index (Phi) is 6.10. The van der Waals surface area contributed by atoms with Crippen LogP contribution < -0.4 is 16.8 Å². The molecular formula is C14H23N7O2. The van der Waals surface area contributed by atoms with Crippen LogP contribution in [-0.4, -0.2) is 45.2 Å². The summed E-state index contributed by atoms with van der Waals surface area (Å²) in [4.78, 5) is 24.4. The molecular weight excluding hydrogens is 298 g/mol. The number of nitrogen functional groups attached to an aromatic ring is 1. The Bertz CT molecular complexity index is 656. The molecule has 126 valence electrons. The van der Waals surface area contributed by atoms with E-state index < -0.39 is 0 Å². The van der Waals surface area contributed by atoms with Gasteiger partial charge < -0.3 is 26.1 Å². The highest BCUT2D eigenvalue weighted by Gasteiger charge is 2.13. The molecule has 0 atom stereocenters. The van der Waals surface area contributed by atoms with Crippen LogP contribution in [0.3, 0.4) is 0 Å². The number of rotatable bonds is 9. The first-order chi connectivity index (χ1) is 11.2. The van der Waals surface area contributed by atoms with Gasteiger partial charge in [0.2, 0.25) is 5.95 Å². The summed E-state index contributed by atoms with van der Waals surface area (Å²) in [5.74, 6) is 0.357. The molecule has 5 N–H and O–H groups in total. The number of carbonyl (C=O) groups excluding carboxylic acids is 1. The van der Waals surface area contributed by atoms with Gasteiger partial charge in [-0.3, -0.25) is 4.79 Å². The zero-order valence-electron chi connectivity index (χ0n) is 13.3. The number of carbonyl (C=O) groups is 1. The number of hydrogen-bond acceptors (Lipinski definition) is 8. The van der Waals surface area contributed by atoms with E-state index in [1.165, 1.54) is 6.33 Å². The molecule has 0 aromatic carbocycles. The second-order valence-electron chi connectivity index (χ2n) is 5.06. The molecule has 0 fully saturated rings. The van der Waals surface area contributed by atoms with Crippen LogP contribution in [0.5, 0.6) is 0 Å². The number of nitrogens with two attached hydrogens (primary N) is 2. The van der Waals surface area contributed by atoms with Crippen molar-refractivity contribution in [3.63, 3.8) is 0 Å². The van der Waals surface area contributed by atoms with E-state index in [9.17, 15) is 4.79 Å². The first-order valence-corrected chi connectivity index (χ1v) is 7.73. The molecule has 2 aromatic rings. The summed E-state index contributed by atoms with van der Waals surface area (Å²) in [7, 11) is 0. The van der Waals surface area contributed by atoms with Crippen LogP contribution in [0.4, 0.5) is 11.8 Å². The van der Waals surface area contributed by atoms with Gasteiger partial charge in [0.25, 0.3) is 0 Å². The number of unbranched alkanes of at least 4 members (excludes halogenated alkanes) is 2. The molecule has 0 amide bonds. The molecule has 0 aliphatic rings. The van der Waals surface area contributed by atoms with Gasteiger partial charge in [-0.15, -0.1) is 0 Å². The lowest BCUT2D eigenvalue weighted by Gasteiger charge is -2.07. The van der Waals surface area contributed by atoms with Crippen molar-refractivity contribution in [1.82, 2.24) is 19.5 Å². The standard InChI is InChI=1S/C14H23N7O2/c1-2-23-10(22)8-21-9-18-11-12(16)19-14(20-13(11)21)17-7-5-3-4-6-15/h9H,2-8,15H2,1H3,(H3,16,17,19,20). The van der Waals surface area contributed by atoms with E-state index in [4.69, 9.17) is 16.2 Å². The van der Waals surface area contributed by atoms with Crippen LogP contribution in [0.2, 0.25) is 0 Å². The number of nitrogens with zero attached hydrogens (tertiary/aromatic N) is 4. The molecule has 9 heteroatoms. The van der Waals surface area contributed by atoms with E-state index >= 15 is 0 Å². The van der Waals surface area contributed by atoms with Gasteiger partial charge >= 0.3 is 5.97 Å². The average molecular weight is 321 g/mol. The van der Waals surface area contributed by atoms with Crippen LogP contribution >= 0.6 is 0 Å². The fraction of sp³-hybridized carbons (Fsp3) is 0.571. The van der Waals surface area contributed by atoms with Gasteiger partial charge in [0.1, 0.15) is 12.1 Å². The molecule has 2 heterocycles. The van der Waals surface area contributed by atoms with Gasteiger partial charge in [-0.2, -0.15) is 9.97 Å². The molecule has 0 aliphatic carbocycles. The molecule has 0 saturated heterocycles. The predicted octanol–water partition coefficient (Wildman–Crippen LogP) is 0.513. The number of imidazole rings is 1. The molecule has 2 rings (SSSR count). The third-order valence-electron chi connectivity index (χ3n) is 3.26. The summed E-state index contributed by atoms with van der Waals surface area (Å²) in [5, 5.41) is 3.13. The topological polar surface area (TPSA) is 134 Å². The van der Waals surface area contributed by atoms with Crippen molar-refractivity contribution in [3.8, 4) is 0 Å². The second kappa shape index (κ2) is 8.28. The lowest BCUT2D eigenvalue weighted by molar-refractivity contribution is -0.143. The Morgan fingerprint density at radius 1 is 1.35 bits per heavy atom. The van der Waals surface area contributed by atoms with Crippen LogP contribution in [0.15, 0.2) is 6.33 Å². The smallest absolute Gasteiger partial charge is 0.326 e. The fourth-order valence-electron chi connectivity index (χ4n) is 2.15. The van der Waals surface area contributed by atoms with Gasteiger partial charge in [0.05, 0.1) is 12.9 Å². The average Bonchev–Trinajstić information content (AvgIpc) is 2.91. The quantitative estimate of drug-likeness (QED) is 0.449. The van der Waals surface area contributed by atoms with Crippen molar-refractivity contribution in [2.45, 2.75) is 32.7 Å². The Balaban J connectivity index is 2.09. The van der Waals surface area contributed by atoms with Crippen molar-refractivity contribution in [3.05, 3.63) is 6.33 Å². The Morgan fingerprint density at radius 3 is 2.91 bits per heavy atom. The molecule has 0 radical (unpaired) electrons. The molecule has 9 nitrogen and oxygen atoms in total. The monoisotopic (exact) mass is 321 g/mol. The SMILES string of the molecule is CCOC(=O)Cn1cnc2c(N)nc(NCCCCCN)nc21. The van der Waals surface area contributed by atoms with Crippen molar-refractivity contribution in [2.24, 2.45) is 5.73 Å². The number of anilines is 2. The number of hydrogen-bond donors (Lipinski definition) is 3. The summed E-state index contributed by atoms with van der Waals surface area (Å²) in [5.41, 5.74) is 12.4. The number of aromatic nitrogens is 4. The number of nitrogens with one attached hydrogen (secondary N) is 1. The van der Waals surface area contributed by atoms with E-state index in [0.717, 1.165) is 25.8 Å². The minimum absolute atomic E-state index is 0.0384. The molecule has 23 heavy (non-hydrogen) atoms. The van der Waals surface area contributed by atoms with Crippen LogP contribution in [-0.2, 0) is 16.1 Å². The summed E-state index contributed by atoms with van der Waals surface area (Å²) in [6.45, 7) is 3.56. The summed E-state index contributed by atoms with van der Waals surface area (Å²) < 4.78 is 6.54. The van der Waals surface area contributed by atoms with Crippen molar-refractivity contribution in [2.75, 3.05) is 30.7 Å². The zero-order chi connectivity index (χ0) is 16.7. The van der Waals surface area contributed by atoms with Gasteiger partial charge in [-0.1, -0.05) is 6.42 Å². The van der Waals surface area contributed by atoms with E-state index in [-0.39, 0.29) is 18.3 Å². The van der Waals surface area contributed by atoms with Crippen molar-refractivity contribution in [1.29, 1.82) is 0 Å². The molecule has 2 aromatic heterocycles. The number of esters is 1. The lowest BCUT2D eigenvalue weighted by Crippen LogP contribution is -2.14. The Labute approximate surface area is 134 Å². The van der Waals surface area contributed by atoms with Gasteiger partial charge in [0, 0.05) is 6.54 Å². The number of fused-ring (bicyclic) bond motifs is 1. The molecule has 0 unspecified atom stereocenters. The van der Waals surface area contributed by atoms with Gasteiger partial charge in [-0.05, 0) is 26.3 Å². The van der Waals surface area contributed by atoms with E-state index in [1.807, 2.05) is 0 Å². The summed E-state index contributed by atoms with van der Waals surface area (Å²) in [6, 6.07) is 0. The summed E-state index contributed by atoms with van der Waals surface area (Å²) >= 11 is 0. The lowest BCUT2D eigenvalue weighted by atomic mass is 10.2. The summed E-state index contributed by atoms with van der Waals surface area (Å²) in [6.07, 6.45) is 4.52. The highest BCUT2D eigenvalue weighted by atomic mass is 16.5. The van der Waals surface area contributed by atoms with E-state index in [2.05, 4.69) is 20.3 Å². The van der Waals surface area contributed by atoms with Crippen LogP contribution in [0, 0.1) is 0 Å². The van der Waals surface area contributed by atoms with Crippen LogP contribution in [0.25, 0.3) is 11.2 Å². The predicted molar refractivity (Wildman–Crippen MR) is 87.8 cm³/mol. The van der Waals surface area contributed by atoms with Crippen molar-refractivity contribution < 1.29 is 9.53 Å². The highest BCUT2D eigenvalue weighted by Crippen LogP contribution is 2.18. The molecule has 0 aliphatic heterocycles. The first kappa shape index (κ1) is 16.9.